The number of hydrogen-bond acceptors (Lipinski definition) is 0. The molecule has 0 atom stereocenters. The Kier molecular flexibility index (Phi) is 12.5. The van der Waals surface area contributed by atoms with Crippen LogP contribution in [0.4, 0.5) is 0 Å². The standard InChI is InChI=1S/C64H70P2/c1-41-19-13-20-42(2)59(41)65(60-43(3)21-14-22-44(60)4,61-45(5)23-15-24-46(61)6)57-39-53-31-35-55(57)37-33-54-32-36-56(38-34-53)58(40-54)66(62-47(7)25-16-26-48(62)8,63-49(9)27-17-28-50(63)10)64-51(11)29-18-30-52(64)12/h13-32,35-36,39-40,65-66H,33-34,37-38H2,1-12H3. The summed E-state index contributed by atoms with van der Waals surface area (Å²) in [4.78, 5) is 0. The average molecular weight is 901 g/mol. The second-order valence-electron chi connectivity index (χ2n) is 20.1. The van der Waals surface area contributed by atoms with Crippen molar-refractivity contribution >= 4 is 57.0 Å². The van der Waals surface area contributed by atoms with E-state index in [0.29, 0.717) is 0 Å². The third-order valence-corrected chi connectivity index (χ3v) is 27.4. The summed E-state index contributed by atoms with van der Waals surface area (Å²) in [6.07, 6.45) is 3.86. The maximum atomic E-state index is 2.73. The predicted octanol–water partition coefficient (Wildman–Crippen LogP) is 12.0. The Balaban J connectivity index is 1.37. The molecule has 8 aromatic carbocycles. The van der Waals surface area contributed by atoms with Crippen LogP contribution in [0, 0.1) is 83.1 Å². The zero-order chi connectivity index (χ0) is 46.7. The minimum atomic E-state index is -2.99. The molecule has 12 rings (SSSR count). The quantitative estimate of drug-likeness (QED) is 0.133. The molecule has 0 N–H and O–H groups in total. The Morgan fingerprint density at radius 2 is 0.439 bits per heavy atom. The molecule has 0 unspecified atom stereocenters. The van der Waals surface area contributed by atoms with Crippen LogP contribution < -0.4 is 42.4 Å². The number of aryl methyl sites for hydroxylation is 16. The van der Waals surface area contributed by atoms with E-state index < -0.39 is 14.5 Å². The van der Waals surface area contributed by atoms with Gasteiger partial charge in [-0.15, -0.1) is 0 Å². The van der Waals surface area contributed by atoms with Gasteiger partial charge < -0.3 is 0 Å². The Morgan fingerprint density at radius 1 is 0.242 bits per heavy atom. The first-order valence-corrected chi connectivity index (χ1v) is 28.4. The van der Waals surface area contributed by atoms with E-state index in [-0.39, 0.29) is 0 Å². The Bertz CT molecular complexity index is 2590. The summed E-state index contributed by atoms with van der Waals surface area (Å²) in [6.45, 7) is 28.6. The normalized spacial score (nSPS) is 13.4. The molecule has 0 fully saturated rings. The molecule has 4 aliphatic rings. The van der Waals surface area contributed by atoms with Gasteiger partial charge in [-0.05, 0) is 0 Å². The van der Waals surface area contributed by atoms with E-state index in [4.69, 9.17) is 0 Å². The molecule has 2 heteroatoms. The van der Waals surface area contributed by atoms with E-state index in [9.17, 15) is 0 Å². The molecule has 0 radical (unpaired) electrons. The molecule has 4 bridgehead atoms. The molecule has 0 heterocycles. The fourth-order valence-electron chi connectivity index (χ4n) is 13.2. The van der Waals surface area contributed by atoms with Crippen LogP contribution in [0.3, 0.4) is 0 Å². The molecule has 4 aliphatic carbocycles. The van der Waals surface area contributed by atoms with Crippen LogP contribution in [0.15, 0.2) is 146 Å². The SMILES string of the molecule is Cc1cccc(C)c1[PH](c1cc2ccc1CCc1ccc(c([PH](c3c(C)cccc3C)(c3c(C)cccc3C)c3c(C)cccc3C)c1)CC2)(c1c(C)cccc1C)c1c(C)cccc1C. The Labute approximate surface area is 398 Å². The monoisotopic (exact) mass is 900 g/mol. The van der Waals surface area contributed by atoms with E-state index in [0.717, 1.165) is 25.7 Å². The van der Waals surface area contributed by atoms with E-state index in [1.54, 1.807) is 42.4 Å². The minimum absolute atomic E-state index is 0.965. The first kappa shape index (κ1) is 45.8. The molecule has 0 aromatic heterocycles. The van der Waals surface area contributed by atoms with Gasteiger partial charge in [0.25, 0.3) is 0 Å². The van der Waals surface area contributed by atoms with Gasteiger partial charge in [-0.25, -0.2) is 0 Å². The molecular formula is C64H70P2. The van der Waals surface area contributed by atoms with Crippen molar-refractivity contribution < 1.29 is 0 Å². The van der Waals surface area contributed by atoms with Crippen LogP contribution >= 0.6 is 14.5 Å². The van der Waals surface area contributed by atoms with Crippen molar-refractivity contribution in [2.75, 3.05) is 0 Å². The summed E-state index contributed by atoms with van der Waals surface area (Å²) in [6, 6.07) is 57.8. The summed E-state index contributed by atoms with van der Waals surface area (Å²) < 4.78 is 0. The zero-order valence-electron chi connectivity index (χ0n) is 41.7. The second kappa shape index (κ2) is 18.0. The fraction of sp³-hybridized carbons (Fsp3) is 0.250. The van der Waals surface area contributed by atoms with Gasteiger partial charge >= 0.3 is 400 Å². The summed E-state index contributed by atoms with van der Waals surface area (Å²) in [5, 5.41) is 12.5. The summed E-state index contributed by atoms with van der Waals surface area (Å²) >= 11 is 0. The molecule has 0 spiro atoms. The van der Waals surface area contributed by atoms with Crippen LogP contribution in [0.25, 0.3) is 0 Å². The van der Waals surface area contributed by atoms with Gasteiger partial charge in [-0.3, -0.25) is 0 Å². The fourth-order valence-corrected chi connectivity index (χ4v) is 26.6. The molecule has 0 saturated heterocycles. The number of benzene rings is 8. The van der Waals surface area contributed by atoms with Crippen LogP contribution in [-0.4, -0.2) is 0 Å². The van der Waals surface area contributed by atoms with Gasteiger partial charge in [0.1, 0.15) is 0 Å². The number of hydrogen-bond donors (Lipinski definition) is 0. The van der Waals surface area contributed by atoms with E-state index >= 15 is 0 Å². The van der Waals surface area contributed by atoms with Crippen molar-refractivity contribution in [1.82, 2.24) is 0 Å². The molecule has 0 saturated carbocycles. The van der Waals surface area contributed by atoms with Gasteiger partial charge in [0.05, 0.1) is 0 Å². The topological polar surface area (TPSA) is 0 Å². The van der Waals surface area contributed by atoms with Gasteiger partial charge in [0, 0.05) is 0 Å². The molecule has 336 valence electrons. The third kappa shape index (κ3) is 7.36. The predicted molar refractivity (Wildman–Crippen MR) is 297 cm³/mol. The van der Waals surface area contributed by atoms with Crippen molar-refractivity contribution in [2.24, 2.45) is 0 Å². The summed E-state index contributed by atoms with van der Waals surface area (Å²) in [5.41, 5.74) is 22.6. The van der Waals surface area contributed by atoms with Crippen LogP contribution in [0.5, 0.6) is 0 Å². The van der Waals surface area contributed by atoms with E-state index in [1.165, 1.54) is 89.0 Å². The summed E-state index contributed by atoms with van der Waals surface area (Å²) in [7, 11) is -5.98. The van der Waals surface area contributed by atoms with Crippen molar-refractivity contribution in [2.45, 2.75) is 109 Å². The first-order valence-electron chi connectivity index (χ1n) is 24.4. The van der Waals surface area contributed by atoms with Crippen molar-refractivity contribution in [3.05, 3.63) is 235 Å². The Morgan fingerprint density at radius 3 is 0.636 bits per heavy atom. The average Bonchev–Trinajstić information content (AvgIpc) is 3.26. The van der Waals surface area contributed by atoms with Gasteiger partial charge in [0.15, 0.2) is 0 Å². The first-order chi connectivity index (χ1) is 31.7. The Hall–Kier alpha value is -5.38. The van der Waals surface area contributed by atoms with Gasteiger partial charge in [0.2, 0.25) is 0 Å². The summed E-state index contributed by atoms with van der Waals surface area (Å²) in [5.74, 6) is 0. The third-order valence-electron chi connectivity index (χ3n) is 15.7. The van der Waals surface area contributed by atoms with E-state index in [1.807, 2.05) is 0 Å². The van der Waals surface area contributed by atoms with Crippen LogP contribution in [-0.2, 0) is 25.7 Å². The molecule has 0 amide bonds. The molecule has 0 nitrogen and oxygen atoms in total. The second-order valence-corrected chi connectivity index (χ2v) is 27.2. The van der Waals surface area contributed by atoms with E-state index in [2.05, 4.69) is 229 Å². The van der Waals surface area contributed by atoms with Crippen LogP contribution in [0.2, 0.25) is 0 Å². The van der Waals surface area contributed by atoms with Crippen molar-refractivity contribution in [3.8, 4) is 0 Å². The number of rotatable bonds is 8. The molecule has 66 heavy (non-hydrogen) atoms. The molecule has 0 aliphatic heterocycles. The van der Waals surface area contributed by atoms with Gasteiger partial charge in [-0.1, -0.05) is 0 Å². The van der Waals surface area contributed by atoms with Crippen molar-refractivity contribution in [3.63, 3.8) is 0 Å². The molecular weight excluding hydrogens is 831 g/mol. The van der Waals surface area contributed by atoms with Crippen LogP contribution in [0.1, 0.15) is 89.0 Å². The van der Waals surface area contributed by atoms with Gasteiger partial charge in [-0.2, -0.15) is 0 Å². The van der Waals surface area contributed by atoms with Crippen molar-refractivity contribution in [1.29, 1.82) is 0 Å². The molecule has 8 aromatic rings. The maximum absolute atomic E-state index is 2.99. The zero-order valence-corrected chi connectivity index (χ0v) is 43.7.